The lowest BCUT2D eigenvalue weighted by atomic mass is 10.1. The third-order valence-corrected chi connectivity index (χ3v) is 2.08. The lowest BCUT2D eigenvalue weighted by Crippen LogP contribution is -2.09. The number of carboxylic acid groups (broad SMARTS) is 2. The molecule has 0 aliphatic heterocycles. The molecule has 104 valence electrons. The van der Waals surface area contributed by atoms with E-state index in [1.807, 2.05) is 0 Å². The maximum Gasteiger partial charge on any atom is 0.328 e. The Bertz CT molecular complexity index is 603. The molecule has 0 saturated heterocycles. The predicted octanol–water partition coefficient (Wildman–Crippen LogP) is 1.07. The summed E-state index contributed by atoms with van der Waals surface area (Å²) >= 11 is 0. The number of carbonyl (C=O) groups is 3. The van der Waals surface area contributed by atoms with Crippen LogP contribution in [0.3, 0.4) is 0 Å². The van der Waals surface area contributed by atoms with Crippen molar-refractivity contribution in [1.82, 2.24) is 0 Å². The second kappa shape index (κ2) is 6.74. The van der Waals surface area contributed by atoms with E-state index in [1.54, 1.807) is 0 Å². The highest BCUT2D eigenvalue weighted by Crippen LogP contribution is 2.22. The van der Waals surface area contributed by atoms with E-state index in [0.717, 1.165) is 12.2 Å². The topological polar surface area (TPSA) is 124 Å². The summed E-state index contributed by atoms with van der Waals surface area (Å²) in [5.41, 5.74) is 0.504. The van der Waals surface area contributed by atoms with Crippen LogP contribution in [0.1, 0.15) is 5.56 Å². The number of carbonyl (C=O) groups excluding carboxylic acids is 1. The van der Waals surface area contributed by atoms with Crippen molar-refractivity contribution in [3.05, 3.63) is 42.0 Å². The van der Waals surface area contributed by atoms with Gasteiger partial charge in [0.25, 0.3) is 0 Å². The number of benzene rings is 1. The van der Waals surface area contributed by atoms with Crippen molar-refractivity contribution < 1.29 is 29.7 Å². The molecular formula is C13H11NO6. The Hall–Kier alpha value is -3.09. The van der Waals surface area contributed by atoms with Crippen molar-refractivity contribution >= 4 is 29.6 Å². The van der Waals surface area contributed by atoms with Gasteiger partial charge in [-0.3, -0.25) is 4.79 Å². The summed E-state index contributed by atoms with van der Waals surface area (Å²) in [4.78, 5) is 32.2. The van der Waals surface area contributed by atoms with Crippen LogP contribution in [-0.4, -0.2) is 33.2 Å². The molecule has 0 aliphatic carbocycles. The molecule has 0 unspecified atom stereocenters. The average molecular weight is 277 g/mol. The minimum absolute atomic E-state index is 0.103. The second-order valence-electron chi connectivity index (χ2n) is 3.60. The highest BCUT2D eigenvalue weighted by atomic mass is 16.4. The van der Waals surface area contributed by atoms with Gasteiger partial charge in [0.05, 0.1) is 0 Å². The Morgan fingerprint density at radius 2 is 1.65 bits per heavy atom. The number of aliphatic carboxylic acids is 2. The van der Waals surface area contributed by atoms with E-state index < -0.39 is 17.8 Å². The van der Waals surface area contributed by atoms with E-state index >= 15 is 0 Å². The van der Waals surface area contributed by atoms with Gasteiger partial charge in [-0.25, -0.2) is 9.59 Å². The zero-order valence-electron chi connectivity index (χ0n) is 10.1. The third kappa shape index (κ3) is 5.05. The number of hydrogen-bond acceptors (Lipinski definition) is 4. The first-order valence-electron chi connectivity index (χ1n) is 5.34. The molecule has 0 heterocycles. The number of aromatic hydroxyl groups is 1. The number of anilines is 1. The Balaban J connectivity index is 2.97. The summed E-state index contributed by atoms with van der Waals surface area (Å²) in [6.07, 6.45) is 3.53. The first-order chi connectivity index (χ1) is 9.38. The largest absolute Gasteiger partial charge is 0.508 e. The van der Waals surface area contributed by atoms with Crippen molar-refractivity contribution in [2.45, 2.75) is 0 Å². The van der Waals surface area contributed by atoms with E-state index in [9.17, 15) is 19.5 Å². The van der Waals surface area contributed by atoms with Gasteiger partial charge < -0.3 is 20.6 Å². The van der Waals surface area contributed by atoms with Crippen LogP contribution >= 0.6 is 0 Å². The highest BCUT2D eigenvalue weighted by molar-refractivity contribution is 6.03. The standard InChI is InChI=1S/C13H11NO6/c15-9-2-3-10(8(7-9)1-5-12(17)18)14-11(16)4-6-13(19)20/h1-7,15H,(H,14,16)(H,17,18)(H,19,20). The maximum absolute atomic E-state index is 11.4. The molecule has 20 heavy (non-hydrogen) atoms. The Morgan fingerprint density at radius 1 is 1.00 bits per heavy atom. The number of phenolic OH excluding ortho intramolecular Hbond substituents is 1. The van der Waals surface area contributed by atoms with Gasteiger partial charge in [-0.05, 0) is 24.3 Å². The van der Waals surface area contributed by atoms with Crippen LogP contribution in [0.2, 0.25) is 0 Å². The predicted molar refractivity (Wildman–Crippen MR) is 70.2 cm³/mol. The molecule has 0 spiro atoms. The van der Waals surface area contributed by atoms with Crippen LogP contribution in [0.15, 0.2) is 36.4 Å². The molecule has 0 atom stereocenters. The van der Waals surface area contributed by atoms with Crippen LogP contribution in [0.5, 0.6) is 5.75 Å². The molecular weight excluding hydrogens is 266 g/mol. The van der Waals surface area contributed by atoms with Gasteiger partial charge in [-0.2, -0.15) is 0 Å². The zero-order chi connectivity index (χ0) is 15.1. The monoisotopic (exact) mass is 277 g/mol. The summed E-state index contributed by atoms with van der Waals surface area (Å²) in [6.45, 7) is 0. The minimum atomic E-state index is -1.27. The van der Waals surface area contributed by atoms with E-state index in [-0.39, 0.29) is 17.0 Å². The molecule has 7 nitrogen and oxygen atoms in total. The van der Waals surface area contributed by atoms with Gasteiger partial charge in [-0.1, -0.05) is 0 Å². The fraction of sp³-hybridized carbons (Fsp3) is 0. The molecule has 1 aromatic rings. The lowest BCUT2D eigenvalue weighted by molar-refractivity contribution is -0.132. The van der Waals surface area contributed by atoms with E-state index in [2.05, 4.69) is 5.32 Å². The molecule has 0 fully saturated rings. The Morgan fingerprint density at radius 3 is 2.25 bits per heavy atom. The molecule has 1 rings (SSSR count). The SMILES string of the molecule is O=C(O)C=CC(=O)Nc1ccc(O)cc1C=CC(=O)O. The quantitative estimate of drug-likeness (QED) is 0.471. The summed E-state index contributed by atoms with van der Waals surface area (Å²) in [7, 11) is 0. The zero-order valence-corrected chi connectivity index (χ0v) is 10.1. The molecule has 4 N–H and O–H groups in total. The maximum atomic E-state index is 11.4. The number of carboxylic acids is 2. The minimum Gasteiger partial charge on any atom is -0.508 e. The number of hydrogen-bond donors (Lipinski definition) is 4. The van der Waals surface area contributed by atoms with Gasteiger partial charge in [0.2, 0.25) is 5.91 Å². The fourth-order valence-corrected chi connectivity index (χ4v) is 1.28. The number of phenols is 1. The first kappa shape index (κ1) is 15.0. The smallest absolute Gasteiger partial charge is 0.328 e. The van der Waals surface area contributed by atoms with Crippen molar-refractivity contribution in [3.8, 4) is 5.75 Å². The van der Waals surface area contributed by atoms with Crippen LogP contribution in [0.25, 0.3) is 6.08 Å². The van der Waals surface area contributed by atoms with Crippen molar-refractivity contribution in [2.24, 2.45) is 0 Å². The van der Waals surface area contributed by atoms with Crippen molar-refractivity contribution in [3.63, 3.8) is 0 Å². The van der Waals surface area contributed by atoms with Crippen molar-refractivity contribution in [2.75, 3.05) is 5.32 Å². The van der Waals surface area contributed by atoms with Crippen LogP contribution < -0.4 is 5.32 Å². The molecule has 1 aromatic carbocycles. The number of nitrogens with one attached hydrogen (secondary N) is 1. The van der Waals surface area contributed by atoms with Gasteiger partial charge >= 0.3 is 11.9 Å². The summed E-state index contributed by atoms with van der Waals surface area (Å²) in [6, 6.07) is 3.92. The second-order valence-corrected chi connectivity index (χ2v) is 3.60. The van der Waals surface area contributed by atoms with Gasteiger partial charge in [0.1, 0.15) is 5.75 Å². The summed E-state index contributed by atoms with van der Waals surface area (Å²) in [5, 5.41) is 28.6. The molecule has 0 bridgehead atoms. The van der Waals surface area contributed by atoms with E-state index in [1.165, 1.54) is 24.3 Å². The Kier molecular flexibility index (Phi) is 5.04. The molecule has 1 amide bonds. The van der Waals surface area contributed by atoms with Crippen LogP contribution in [0.4, 0.5) is 5.69 Å². The Labute approximate surface area is 113 Å². The molecule has 0 radical (unpaired) electrons. The number of rotatable bonds is 5. The fourth-order valence-electron chi connectivity index (χ4n) is 1.28. The third-order valence-electron chi connectivity index (χ3n) is 2.08. The van der Waals surface area contributed by atoms with E-state index in [0.29, 0.717) is 6.08 Å². The van der Waals surface area contributed by atoms with E-state index in [4.69, 9.17) is 10.2 Å². The molecule has 7 heteroatoms. The molecule has 0 saturated carbocycles. The van der Waals surface area contributed by atoms with Gasteiger partial charge in [-0.15, -0.1) is 0 Å². The molecule has 0 aromatic heterocycles. The lowest BCUT2D eigenvalue weighted by Gasteiger charge is -2.07. The summed E-state index contributed by atoms with van der Waals surface area (Å²) < 4.78 is 0. The van der Waals surface area contributed by atoms with Gasteiger partial charge in [0, 0.05) is 29.5 Å². The van der Waals surface area contributed by atoms with Crippen LogP contribution in [-0.2, 0) is 14.4 Å². The normalized spacial score (nSPS) is 10.8. The molecule has 0 aliphatic rings. The number of amides is 1. The highest BCUT2D eigenvalue weighted by Gasteiger charge is 2.05. The van der Waals surface area contributed by atoms with Crippen molar-refractivity contribution in [1.29, 1.82) is 0 Å². The van der Waals surface area contributed by atoms with Gasteiger partial charge in [0.15, 0.2) is 0 Å². The average Bonchev–Trinajstić information content (AvgIpc) is 2.36. The summed E-state index contributed by atoms with van der Waals surface area (Å²) in [5.74, 6) is -3.24. The first-order valence-corrected chi connectivity index (χ1v) is 5.34. The van der Waals surface area contributed by atoms with Crippen LogP contribution in [0, 0.1) is 0 Å².